The summed E-state index contributed by atoms with van der Waals surface area (Å²) in [6.07, 6.45) is 3.47. The van der Waals surface area contributed by atoms with Crippen LogP contribution in [-0.4, -0.2) is 18.2 Å². The quantitative estimate of drug-likeness (QED) is 0.869. The number of nitrogens with zero attached hydrogens (tertiary/aromatic N) is 2. The van der Waals surface area contributed by atoms with Crippen molar-refractivity contribution in [3.63, 3.8) is 0 Å². The Morgan fingerprint density at radius 2 is 1.95 bits per heavy atom. The molecule has 0 unspecified atom stereocenters. The van der Waals surface area contributed by atoms with E-state index in [0.29, 0.717) is 23.1 Å². The van der Waals surface area contributed by atoms with Crippen molar-refractivity contribution >= 4 is 11.6 Å². The average Bonchev–Trinajstić information content (AvgIpc) is 2.53. The van der Waals surface area contributed by atoms with Gasteiger partial charge in [-0.25, -0.2) is 5.43 Å². The molecule has 1 N–H and O–H groups in total. The first kappa shape index (κ1) is 16.0. The van der Waals surface area contributed by atoms with Crippen LogP contribution in [0.4, 0.5) is 0 Å². The number of nitrogens with one attached hydrogen (secondary N) is 1. The molecular weight excluding hydrogens is 278 g/mol. The van der Waals surface area contributed by atoms with Gasteiger partial charge in [0.15, 0.2) is 6.61 Å². The van der Waals surface area contributed by atoms with Crippen LogP contribution in [0.2, 0.25) is 0 Å². The minimum absolute atomic E-state index is 0.0918. The fourth-order valence-corrected chi connectivity index (χ4v) is 2.67. The highest BCUT2D eigenvalue weighted by atomic mass is 16.5. The first-order valence-electron chi connectivity index (χ1n) is 7.59. The van der Waals surface area contributed by atoms with Crippen LogP contribution in [0.1, 0.15) is 38.7 Å². The van der Waals surface area contributed by atoms with E-state index in [1.165, 1.54) is 6.42 Å². The molecule has 2 atom stereocenters. The fraction of sp³-hybridized carbons (Fsp3) is 0.471. The summed E-state index contributed by atoms with van der Waals surface area (Å²) in [7, 11) is 0. The minimum Gasteiger partial charge on any atom is -0.484 e. The van der Waals surface area contributed by atoms with Crippen LogP contribution in [-0.2, 0) is 4.79 Å². The lowest BCUT2D eigenvalue weighted by Crippen LogP contribution is -2.31. The molecule has 5 nitrogen and oxygen atoms in total. The maximum atomic E-state index is 11.8. The first-order valence-corrected chi connectivity index (χ1v) is 7.59. The summed E-state index contributed by atoms with van der Waals surface area (Å²) in [6.45, 7) is 4.20. The molecule has 1 aromatic carbocycles. The van der Waals surface area contributed by atoms with Gasteiger partial charge in [0.25, 0.3) is 5.91 Å². The Morgan fingerprint density at radius 1 is 1.32 bits per heavy atom. The molecule has 0 saturated heterocycles. The van der Waals surface area contributed by atoms with Crippen LogP contribution in [0.5, 0.6) is 5.75 Å². The molecule has 1 fully saturated rings. The summed E-state index contributed by atoms with van der Waals surface area (Å²) in [5.74, 6) is 1.12. The third-order valence-corrected chi connectivity index (χ3v) is 3.95. The largest absolute Gasteiger partial charge is 0.484 e. The molecule has 0 aliphatic heterocycles. The van der Waals surface area contributed by atoms with Gasteiger partial charge in [-0.1, -0.05) is 20.3 Å². The van der Waals surface area contributed by atoms with Crippen molar-refractivity contribution in [2.24, 2.45) is 16.9 Å². The summed E-state index contributed by atoms with van der Waals surface area (Å²) in [4.78, 5) is 11.8. The Bertz CT molecular complexity index is 575. The predicted molar refractivity (Wildman–Crippen MR) is 84.4 cm³/mol. The predicted octanol–water partition coefficient (Wildman–Crippen LogP) is 2.87. The lowest BCUT2D eigenvalue weighted by atomic mass is 9.81. The monoisotopic (exact) mass is 299 g/mol. The van der Waals surface area contributed by atoms with E-state index >= 15 is 0 Å². The van der Waals surface area contributed by atoms with Gasteiger partial charge in [0, 0.05) is 5.71 Å². The van der Waals surface area contributed by atoms with E-state index in [0.717, 1.165) is 18.6 Å². The summed E-state index contributed by atoms with van der Waals surface area (Å²) >= 11 is 0. The topological polar surface area (TPSA) is 74.5 Å². The molecular formula is C17H21N3O2. The highest BCUT2D eigenvalue weighted by Gasteiger charge is 2.23. The number of hydrazone groups is 1. The van der Waals surface area contributed by atoms with E-state index in [2.05, 4.69) is 24.4 Å². The number of ether oxygens (including phenoxy) is 1. The molecule has 0 radical (unpaired) electrons. The molecule has 1 aliphatic rings. The van der Waals surface area contributed by atoms with Crippen LogP contribution in [0.3, 0.4) is 0 Å². The van der Waals surface area contributed by atoms with E-state index in [-0.39, 0.29) is 12.5 Å². The van der Waals surface area contributed by atoms with Gasteiger partial charge in [0.2, 0.25) is 0 Å². The molecule has 1 aliphatic carbocycles. The van der Waals surface area contributed by atoms with Crippen molar-refractivity contribution in [1.29, 1.82) is 5.26 Å². The third kappa shape index (κ3) is 4.32. The van der Waals surface area contributed by atoms with Gasteiger partial charge in [-0.2, -0.15) is 10.4 Å². The van der Waals surface area contributed by atoms with Crippen molar-refractivity contribution in [1.82, 2.24) is 5.43 Å². The number of rotatable bonds is 4. The van der Waals surface area contributed by atoms with Gasteiger partial charge in [0.05, 0.1) is 11.6 Å². The Hall–Kier alpha value is -2.35. The van der Waals surface area contributed by atoms with Gasteiger partial charge >= 0.3 is 0 Å². The van der Waals surface area contributed by atoms with E-state index in [1.54, 1.807) is 24.3 Å². The standard InChI is InChI=1S/C17H21N3O2/c1-12-4-3-5-13(2)17(12)20-19-16(21)11-22-15-8-6-14(10-18)7-9-15/h6-9,12-13H,3-5,11H2,1-2H3,(H,19,21)/t12-,13-/m1/s1. The van der Waals surface area contributed by atoms with E-state index < -0.39 is 0 Å². The summed E-state index contributed by atoms with van der Waals surface area (Å²) in [5.41, 5.74) is 4.20. The number of carbonyl (C=O) groups excluding carboxylic acids is 1. The van der Waals surface area contributed by atoms with Gasteiger partial charge < -0.3 is 4.74 Å². The highest BCUT2D eigenvalue weighted by molar-refractivity contribution is 5.90. The van der Waals surface area contributed by atoms with Crippen molar-refractivity contribution in [2.75, 3.05) is 6.61 Å². The Kier molecular flexibility index (Phi) is 5.54. The van der Waals surface area contributed by atoms with Crippen molar-refractivity contribution in [2.45, 2.75) is 33.1 Å². The molecule has 0 bridgehead atoms. The summed E-state index contributed by atoms with van der Waals surface area (Å²) < 4.78 is 5.37. The molecule has 22 heavy (non-hydrogen) atoms. The smallest absolute Gasteiger partial charge is 0.277 e. The van der Waals surface area contributed by atoms with Gasteiger partial charge in [-0.05, 0) is 48.9 Å². The molecule has 5 heteroatoms. The maximum Gasteiger partial charge on any atom is 0.277 e. The van der Waals surface area contributed by atoms with Crippen molar-refractivity contribution in [3.05, 3.63) is 29.8 Å². The summed E-state index contributed by atoms with van der Waals surface area (Å²) in [5, 5.41) is 13.0. The number of carbonyl (C=O) groups is 1. The maximum absolute atomic E-state index is 11.8. The minimum atomic E-state index is -0.276. The number of hydrogen-bond donors (Lipinski definition) is 1. The number of nitriles is 1. The highest BCUT2D eigenvalue weighted by Crippen LogP contribution is 2.25. The molecule has 1 aromatic rings. The molecule has 1 amide bonds. The Balaban J connectivity index is 1.83. The van der Waals surface area contributed by atoms with E-state index in [9.17, 15) is 4.79 Å². The molecule has 2 rings (SSSR count). The SMILES string of the molecule is C[C@@H]1CCC[C@@H](C)C1=NNC(=O)COc1ccc(C#N)cc1. The van der Waals surface area contributed by atoms with Crippen molar-refractivity contribution in [3.8, 4) is 11.8 Å². The van der Waals surface area contributed by atoms with Gasteiger partial charge in [0.1, 0.15) is 5.75 Å². The van der Waals surface area contributed by atoms with E-state index in [4.69, 9.17) is 10.00 Å². The normalized spacial score (nSPS) is 20.9. The summed E-state index contributed by atoms with van der Waals surface area (Å²) in [6, 6.07) is 8.67. The first-order chi connectivity index (χ1) is 10.6. The zero-order chi connectivity index (χ0) is 15.9. The molecule has 0 spiro atoms. The molecule has 0 aromatic heterocycles. The molecule has 0 heterocycles. The second-order valence-electron chi connectivity index (χ2n) is 5.73. The van der Waals surface area contributed by atoms with Gasteiger partial charge in [-0.15, -0.1) is 0 Å². The van der Waals surface area contributed by atoms with Crippen LogP contribution in [0.25, 0.3) is 0 Å². The zero-order valence-corrected chi connectivity index (χ0v) is 13.0. The number of benzene rings is 1. The fourth-order valence-electron chi connectivity index (χ4n) is 2.67. The van der Waals surface area contributed by atoms with Crippen LogP contribution < -0.4 is 10.2 Å². The second-order valence-corrected chi connectivity index (χ2v) is 5.73. The van der Waals surface area contributed by atoms with Crippen LogP contribution >= 0.6 is 0 Å². The Morgan fingerprint density at radius 3 is 2.55 bits per heavy atom. The molecule has 1 saturated carbocycles. The van der Waals surface area contributed by atoms with Crippen LogP contribution in [0.15, 0.2) is 29.4 Å². The van der Waals surface area contributed by atoms with E-state index in [1.807, 2.05) is 6.07 Å². The van der Waals surface area contributed by atoms with Gasteiger partial charge in [-0.3, -0.25) is 4.79 Å². The lowest BCUT2D eigenvalue weighted by Gasteiger charge is -2.26. The number of hydrogen-bond acceptors (Lipinski definition) is 4. The van der Waals surface area contributed by atoms with Crippen molar-refractivity contribution < 1.29 is 9.53 Å². The third-order valence-electron chi connectivity index (χ3n) is 3.95. The average molecular weight is 299 g/mol. The van der Waals surface area contributed by atoms with Crippen LogP contribution in [0, 0.1) is 23.2 Å². The zero-order valence-electron chi connectivity index (χ0n) is 13.0. The number of amides is 1. The second kappa shape index (κ2) is 7.60. The lowest BCUT2D eigenvalue weighted by molar-refractivity contribution is -0.123. The molecule has 116 valence electrons. The Labute approximate surface area is 131 Å².